The van der Waals surface area contributed by atoms with Gasteiger partial charge in [-0.3, -0.25) is 0 Å². The van der Waals surface area contributed by atoms with Gasteiger partial charge in [0.2, 0.25) is 10.0 Å². The van der Waals surface area contributed by atoms with E-state index in [1.54, 1.807) is 30.0 Å². The highest BCUT2D eigenvalue weighted by Crippen LogP contribution is 2.29. The fourth-order valence-electron chi connectivity index (χ4n) is 2.43. The molecule has 0 spiro atoms. The zero-order valence-corrected chi connectivity index (χ0v) is 13.7. The first-order valence-electron chi connectivity index (χ1n) is 6.39. The summed E-state index contributed by atoms with van der Waals surface area (Å²) in [4.78, 5) is 0.416. The Balaban J connectivity index is 2.22. The second-order valence-corrected chi connectivity index (χ2v) is 8.06. The van der Waals surface area contributed by atoms with Crippen molar-refractivity contribution >= 4 is 39.0 Å². The summed E-state index contributed by atoms with van der Waals surface area (Å²) in [5, 5.41) is 0.351. The van der Waals surface area contributed by atoms with E-state index in [9.17, 15) is 8.42 Å². The SMILES string of the molecule is CSC1CCCC1NS(=O)(=O)c1cccc(C(N)=S)c1. The summed E-state index contributed by atoms with van der Waals surface area (Å²) in [6, 6.07) is 6.45. The van der Waals surface area contributed by atoms with E-state index in [1.165, 1.54) is 6.07 Å². The molecule has 0 heterocycles. The Morgan fingerprint density at radius 3 is 2.85 bits per heavy atom. The molecule has 1 fully saturated rings. The number of nitrogens with two attached hydrogens (primary N) is 1. The predicted octanol–water partition coefficient (Wildman–Crippen LogP) is 1.88. The van der Waals surface area contributed by atoms with Crippen LogP contribution in [0.3, 0.4) is 0 Å². The van der Waals surface area contributed by atoms with E-state index in [2.05, 4.69) is 4.72 Å². The Morgan fingerprint density at radius 2 is 2.20 bits per heavy atom. The molecule has 0 bridgehead atoms. The molecule has 1 aliphatic rings. The van der Waals surface area contributed by atoms with E-state index in [0.29, 0.717) is 10.8 Å². The summed E-state index contributed by atoms with van der Waals surface area (Å²) in [7, 11) is -3.52. The van der Waals surface area contributed by atoms with Crippen LogP contribution in [0.2, 0.25) is 0 Å². The number of hydrogen-bond acceptors (Lipinski definition) is 4. The smallest absolute Gasteiger partial charge is 0.240 e. The van der Waals surface area contributed by atoms with Crippen molar-refractivity contribution in [2.24, 2.45) is 5.73 Å². The van der Waals surface area contributed by atoms with E-state index in [4.69, 9.17) is 18.0 Å². The Hall–Kier alpha value is -0.630. The maximum atomic E-state index is 12.4. The number of benzene rings is 1. The van der Waals surface area contributed by atoms with Crippen LogP contribution in [-0.4, -0.2) is 31.0 Å². The maximum absolute atomic E-state index is 12.4. The Kier molecular flexibility index (Phi) is 5.06. The molecule has 0 aromatic heterocycles. The van der Waals surface area contributed by atoms with Crippen molar-refractivity contribution in [1.29, 1.82) is 0 Å². The van der Waals surface area contributed by atoms with Crippen molar-refractivity contribution in [2.45, 2.75) is 35.4 Å². The largest absolute Gasteiger partial charge is 0.389 e. The van der Waals surface area contributed by atoms with Crippen molar-refractivity contribution < 1.29 is 8.42 Å². The molecule has 7 heteroatoms. The van der Waals surface area contributed by atoms with Gasteiger partial charge in [-0.05, 0) is 31.2 Å². The first kappa shape index (κ1) is 15.8. The second kappa shape index (κ2) is 6.43. The third kappa shape index (κ3) is 3.52. The molecule has 2 rings (SSSR count). The summed E-state index contributed by atoms with van der Waals surface area (Å²) < 4.78 is 27.6. The number of hydrogen-bond donors (Lipinski definition) is 2. The van der Waals surface area contributed by atoms with Crippen LogP contribution in [0.15, 0.2) is 29.2 Å². The van der Waals surface area contributed by atoms with Crippen LogP contribution in [0.1, 0.15) is 24.8 Å². The highest BCUT2D eigenvalue weighted by Gasteiger charge is 2.30. The van der Waals surface area contributed by atoms with Gasteiger partial charge in [-0.25, -0.2) is 13.1 Å². The normalized spacial score (nSPS) is 22.9. The number of sulfonamides is 1. The van der Waals surface area contributed by atoms with Gasteiger partial charge in [0.15, 0.2) is 0 Å². The van der Waals surface area contributed by atoms with Crippen molar-refractivity contribution in [3.8, 4) is 0 Å². The molecule has 3 N–H and O–H groups in total. The van der Waals surface area contributed by atoms with Crippen LogP contribution < -0.4 is 10.5 Å². The number of thiocarbonyl (C=S) groups is 1. The first-order valence-corrected chi connectivity index (χ1v) is 9.57. The summed E-state index contributed by atoms with van der Waals surface area (Å²) in [6.07, 6.45) is 5.03. The quantitative estimate of drug-likeness (QED) is 0.807. The molecular formula is C13H18N2O2S3. The van der Waals surface area contributed by atoms with E-state index in [0.717, 1.165) is 19.3 Å². The topological polar surface area (TPSA) is 72.2 Å². The molecule has 0 saturated heterocycles. The molecule has 0 amide bonds. The fraction of sp³-hybridized carbons (Fsp3) is 0.462. The average Bonchev–Trinajstić information content (AvgIpc) is 2.85. The summed E-state index contributed by atoms with van der Waals surface area (Å²) >= 11 is 6.60. The molecule has 4 nitrogen and oxygen atoms in total. The van der Waals surface area contributed by atoms with E-state index >= 15 is 0 Å². The Bertz CT molecular complexity index is 601. The van der Waals surface area contributed by atoms with Gasteiger partial charge in [0.1, 0.15) is 4.99 Å². The summed E-state index contributed by atoms with van der Waals surface area (Å²) in [5.74, 6) is 0. The molecular weight excluding hydrogens is 312 g/mol. The molecule has 1 aromatic rings. The summed E-state index contributed by atoms with van der Waals surface area (Å²) in [6.45, 7) is 0. The van der Waals surface area contributed by atoms with Gasteiger partial charge in [-0.1, -0.05) is 30.8 Å². The zero-order chi connectivity index (χ0) is 14.8. The molecule has 20 heavy (non-hydrogen) atoms. The Morgan fingerprint density at radius 1 is 1.45 bits per heavy atom. The predicted molar refractivity (Wildman–Crippen MR) is 87.6 cm³/mol. The van der Waals surface area contributed by atoms with E-state index in [1.807, 2.05) is 6.26 Å². The van der Waals surface area contributed by atoms with Gasteiger partial charge >= 0.3 is 0 Å². The van der Waals surface area contributed by atoms with Crippen LogP contribution in [0.4, 0.5) is 0 Å². The van der Waals surface area contributed by atoms with Gasteiger partial charge in [-0.2, -0.15) is 11.8 Å². The molecule has 1 aliphatic carbocycles. The lowest BCUT2D eigenvalue weighted by Crippen LogP contribution is -2.38. The van der Waals surface area contributed by atoms with Crippen molar-refractivity contribution in [3.63, 3.8) is 0 Å². The highest BCUT2D eigenvalue weighted by atomic mass is 32.2. The van der Waals surface area contributed by atoms with Crippen LogP contribution >= 0.6 is 24.0 Å². The van der Waals surface area contributed by atoms with Gasteiger partial charge in [0.25, 0.3) is 0 Å². The molecule has 2 unspecified atom stereocenters. The molecule has 2 atom stereocenters. The molecule has 0 radical (unpaired) electrons. The van der Waals surface area contributed by atoms with Crippen LogP contribution in [-0.2, 0) is 10.0 Å². The number of nitrogens with one attached hydrogen (secondary N) is 1. The third-order valence-electron chi connectivity index (χ3n) is 3.49. The lowest BCUT2D eigenvalue weighted by atomic mass is 10.2. The minimum absolute atomic E-state index is 0.00323. The number of thioether (sulfide) groups is 1. The van der Waals surface area contributed by atoms with Crippen LogP contribution in [0.25, 0.3) is 0 Å². The molecule has 0 aliphatic heterocycles. The minimum Gasteiger partial charge on any atom is -0.389 e. The molecule has 1 aromatic carbocycles. The molecule has 110 valence electrons. The lowest BCUT2D eigenvalue weighted by Gasteiger charge is -2.19. The Labute approximate surface area is 129 Å². The lowest BCUT2D eigenvalue weighted by molar-refractivity contribution is 0.555. The van der Waals surface area contributed by atoms with Gasteiger partial charge in [-0.15, -0.1) is 0 Å². The molecule has 1 saturated carbocycles. The van der Waals surface area contributed by atoms with Crippen LogP contribution in [0, 0.1) is 0 Å². The van der Waals surface area contributed by atoms with Crippen molar-refractivity contribution in [2.75, 3.05) is 6.26 Å². The third-order valence-corrected chi connectivity index (χ3v) is 6.38. The summed E-state index contributed by atoms with van der Waals surface area (Å²) in [5.41, 5.74) is 6.11. The number of rotatable bonds is 5. The van der Waals surface area contributed by atoms with Crippen molar-refractivity contribution in [1.82, 2.24) is 4.72 Å². The van der Waals surface area contributed by atoms with Gasteiger partial charge < -0.3 is 5.73 Å². The maximum Gasteiger partial charge on any atom is 0.240 e. The fourth-order valence-corrected chi connectivity index (χ4v) is 4.93. The average molecular weight is 331 g/mol. The minimum atomic E-state index is -3.52. The van der Waals surface area contributed by atoms with Crippen LogP contribution in [0.5, 0.6) is 0 Å². The zero-order valence-electron chi connectivity index (χ0n) is 11.2. The van der Waals surface area contributed by atoms with Gasteiger partial charge in [0, 0.05) is 16.9 Å². The van der Waals surface area contributed by atoms with Crippen molar-refractivity contribution in [3.05, 3.63) is 29.8 Å². The highest BCUT2D eigenvalue weighted by molar-refractivity contribution is 7.99. The van der Waals surface area contributed by atoms with E-state index in [-0.39, 0.29) is 15.9 Å². The second-order valence-electron chi connectivity index (χ2n) is 4.82. The first-order chi connectivity index (χ1) is 9.44. The van der Waals surface area contributed by atoms with Gasteiger partial charge in [0.05, 0.1) is 4.90 Å². The van der Waals surface area contributed by atoms with E-state index < -0.39 is 10.0 Å². The standard InChI is InChI=1S/C13H18N2O2S3/c1-19-12-7-3-6-11(12)15-20(16,17)10-5-2-4-9(8-10)13(14)18/h2,4-5,8,11-12,15H,3,6-7H2,1H3,(H2,14,18). The monoisotopic (exact) mass is 330 g/mol.